The van der Waals surface area contributed by atoms with Gasteiger partial charge in [-0.05, 0) is 41.5 Å². The molecule has 3 aromatic rings. The van der Waals surface area contributed by atoms with E-state index in [4.69, 9.17) is 18.9 Å². The molecule has 2 heterocycles. The van der Waals surface area contributed by atoms with Crippen LogP contribution in [0.2, 0.25) is 0 Å². The Morgan fingerprint density at radius 1 is 0.944 bits per heavy atom. The normalized spacial score (nSPS) is 16.7. The summed E-state index contributed by atoms with van der Waals surface area (Å²) in [6, 6.07) is 12.6. The van der Waals surface area contributed by atoms with Crippen molar-refractivity contribution in [2.45, 2.75) is 12.6 Å². The highest BCUT2D eigenvalue weighted by molar-refractivity contribution is 6.46. The van der Waals surface area contributed by atoms with E-state index in [1.165, 1.54) is 33.3 Å². The van der Waals surface area contributed by atoms with Crippen LogP contribution in [0.4, 0.5) is 0 Å². The molecule has 0 spiro atoms. The maximum absolute atomic E-state index is 13.3. The van der Waals surface area contributed by atoms with Crippen molar-refractivity contribution in [2.75, 3.05) is 28.4 Å². The Morgan fingerprint density at radius 2 is 1.67 bits per heavy atom. The molecule has 9 heteroatoms. The van der Waals surface area contributed by atoms with E-state index in [9.17, 15) is 14.7 Å². The number of Topliss-reactive ketones (excluding diaryl/α,β-unsaturated/α-hetero) is 1. The van der Waals surface area contributed by atoms with Crippen LogP contribution in [-0.2, 0) is 16.1 Å². The Balaban J connectivity index is 1.95. The Hall–Kier alpha value is -4.53. The van der Waals surface area contributed by atoms with Gasteiger partial charge in [0.25, 0.3) is 11.7 Å². The Bertz CT molecular complexity index is 1300. The summed E-state index contributed by atoms with van der Waals surface area (Å²) in [6.45, 7) is 0.0919. The van der Waals surface area contributed by atoms with Crippen LogP contribution in [-0.4, -0.2) is 55.1 Å². The minimum atomic E-state index is -0.940. The molecule has 1 aliphatic heterocycles. The zero-order valence-electron chi connectivity index (χ0n) is 20.3. The van der Waals surface area contributed by atoms with Crippen LogP contribution in [0, 0.1) is 0 Å². The second kappa shape index (κ2) is 10.4. The first kappa shape index (κ1) is 24.6. The lowest BCUT2D eigenvalue weighted by Gasteiger charge is -2.26. The molecule has 4 rings (SSSR count). The number of nitrogens with zero attached hydrogens (tertiary/aromatic N) is 2. The summed E-state index contributed by atoms with van der Waals surface area (Å²) >= 11 is 0. The van der Waals surface area contributed by atoms with Gasteiger partial charge in [-0.15, -0.1) is 0 Å². The van der Waals surface area contributed by atoms with Crippen molar-refractivity contribution >= 4 is 17.4 Å². The number of benzene rings is 2. The first-order valence-electron chi connectivity index (χ1n) is 11.0. The molecule has 9 nitrogen and oxygen atoms in total. The fourth-order valence-corrected chi connectivity index (χ4v) is 4.26. The lowest BCUT2D eigenvalue weighted by Crippen LogP contribution is -2.29. The highest BCUT2D eigenvalue weighted by Gasteiger charge is 2.46. The maximum Gasteiger partial charge on any atom is 0.295 e. The van der Waals surface area contributed by atoms with Crippen molar-refractivity contribution in [2.24, 2.45) is 0 Å². The van der Waals surface area contributed by atoms with Crippen LogP contribution in [0.5, 0.6) is 23.0 Å². The smallest absolute Gasteiger partial charge is 0.295 e. The zero-order chi connectivity index (χ0) is 25.8. The molecule has 2 aromatic carbocycles. The molecular formula is C27H26N2O7. The first-order valence-corrected chi connectivity index (χ1v) is 11.0. The number of methoxy groups -OCH3 is 4. The van der Waals surface area contributed by atoms with Crippen molar-refractivity contribution in [3.05, 3.63) is 83.2 Å². The van der Waals surface area contributed by atoms with Gasteiger partial charge in [0.2, 0.25) is 5.75 Å². The van der Waals surface area contributed by atoms with E-state index in [0.717, 1.165) is 5.56 Å². The molecule has 186 valence electrons. The van der Waals surface area contributed by atoms with Crippen molar-refractivity contribution in [3.63, 3.8) is 0 Å². The van der Waals surface area contributed by atoms with Gasteiger partial charge < -0.3 is 29.0 Å². The minimum absolute atomic E-state index is 0.0635. The van der Waals surface area contributed by atoms with Gasteiger partial charge in [0, 0.05) is 24.5 Å². The number of hydrogen-bond donors (Lipinski definition) is 1. The number of aliphatic hydroxyl groups excluding tert-OH is 1. The van der Waals surface area contributed by atoms with E-state index in [1.807, 2.05) is 0 Å². The van der Waals surface area contributed by atoms with Crippen LogP contribution >= 0.6 is 0 Å². The van der Waals surface area contributed by atoms with E-state index in [-0.39, 0.29) is 17.9 Å². The third-order valence-corrected chi connectivity index (χ3v) is 5.96. The lowest BCUT2D eigenvalue weighted by molar-refractivity contribution is -0.140. The maximum atomic E-state index is 13.3. The average Bonchev–Trinajstić information content (AvgIpc) is 3.17. The molecule has 1 fully saturated rings. The summed E-state index contributed by atoms with van der Waals surface area (Å²) in [5.74, 6) is -0.325. The first-order chi connectivity index (χ1) is 17.4. The van der Waals surface area contributed by atoms with Crippen LogP contribution in [0.25, 0.3) is 5.76 Å². The van der Waals surface area contributed by atoms with E-state index < -0.39 is 17.7 Å². The molecule has 0 aliphatic carbocycles. The lowest BCUT2D eigenvalue weighted by atomic mass is 9.94. The molecule has 1 amide bonds. The topological polar surface area (TPSA) is 107 Å². The second-order valence-electron chi connectivity index (χ2n) is 7.98. The van der Waals surface area contributed by atoms with Crippen molar-refractivity contribution in [3.8, 4) is 23.0 Å². The van der Waals surface area contributed by atoms with Crippen LogP contribution in [0.15, 0.2) is 66.5 Å². The van der Waals surface area contributed by atoms with E-state index in [0.29, 0.717) is 34.1 Å². The molecule has 0 bridgehead atoms. The predicted molar refractivity (Wildman–Crippen MR) is 131 cm³/mol. The molecule has 0 saturated carbocycles. The fourth-order valence-electron chi connectivity index (χ4n) is 4.26. The Kier molecular flexibility index (Phi) is 7.10. The summed E-state index contributed by atoms with van der Waals surface area (Å²) in [6.07, 6.45) is 3.24. The van der Waals surface area contributed by atoms with Gasteiger partial charge in [-0.25, -0.2) is 0 Å². The predicted octanol–water partition coefficient (Wildman–Crippen LogP) is 3.74. The molecule has 1 atom stereocenters. The number of pyridine rings is 1. The molecule has 1 saturated heterocycles. The van der Waals surface area contributed by atoms with Crippen LogP contribution in [0.3, 0.4) is 0 Å². The van der Waals surface area contributed by atoms with Crippen molar-refractivity contribution < 1.29 is 33.6 Å². The number of rotatable bonds is 8. The number of ketones is 1. The molecule has 0 unspecified atom stereocenters. The molecule has 1 aliphatic rings. The van der Waals surface area contributed by atoms with Gasteiger partial charge in [-0.3, -0.25) is 14.6 Å². The highest BCUT2D eigenvalue weighted by Crippen LogP contribution is 2.46. The molecule has 1 N–H and O–H groups in total. The number of ether oxygens (including phenoxy) is 4. The number of carbonyl (C=O) groups is 2. The van der Waals surface area contributed by atoms with Crippen LogP contribution in [0.1, 0.15) is 22.7 Å². The summed E-state index contributed by atoms with van der Waals surface area (Å²) < 4.78 is 21.7. The third-order valence-electron chi connectivity index (χ3n) is 5.96. The molecule has 1 aromatic heterocycles. The SMILES string of the molecule is COc1cccc(C(O)=C2C(=O)C(=O)N(Cc3cccnc3)[C@@H]2c2cc(OC)c(OC)c(OC)c2)c1. The zero-order valence-corrected chi connectivity index (χ0v) is 20.3. The molecular weight excluding hydrogens is 464 g/mol. The number of aliphatic hydroxyl groups is 1. The van der Waals surface area contributed by atoms with E-state index in [2.05, 4.69) is 4.98 Å². The number of likely N-dealkylation sites (tertiary alicyclic amines) is 1. The van der Waals surface area contributed by atoms with Gasteiger partial charge in [0.05, 0.1) is 40.1 Å². The van der Waals surface area contributed by atoms with Gasteiger partial charge in [0.1, 0.15) is 11.5 Å². The van der Waals surface area contributed by atoms with Crippen LogP contribution < -0.4 is 18.9 Å². The van der Waals surface area contributed by atoms with E-state index in [1.54, 1.807) is 60.9 Å². The summed E-state index contributed by atoms with van der Waals surface area (Å²) in [5, 5.41) is 11.3. The summed E-state index contributed by atoms with van der Waals surface area (Å²) in [7, 11) is 5.94. The fraction of sp³-hybridized carbons (Fsp3) is 0.222. The quantitative estimate of drug-likeness (QED) is 0.289. The second-order valence-corrected chi connectivity index (χ2v) is 7.98. The van der Waals surface area contributed by atoms with Crippen molar-refractivity contribution in [1.29, 1.82) is 0 Å². The Morgan fingerprint density at radius 3 is 2.25 bits per heavy atom. The van der Waals surface area contributed by atoms with Gasteiger partial charge in [0.15, 0.2) is 11.5 Å². The van der Waals surface area contributed by atoms with Gasteiger partial charge in [-0.2, -0.15) is 0 Å². The number of carbonyl (C=O) groups excluding carboxylic acids is 2. The third kappa shape index (κ3) is 4.43. The van der Waals surface area contributed by atoms with Gasteiger partial charge >= 0.3 is 0 Å². The summed E-state index contributed by atoms with van der Waals surface area (Å²) in [4.78, 5) is 32.1. The average molecular weight is 491 g/mol. The monoisotopic (exact) mass is 490 g/mol. The number of hydrogen-bond acceptors (Lipinski definition) is 8. The van der Waals surface area contributed by atoms with E-state index >= 15 is 0 Å². The molecule has 0 radical (unpaired) electrons. The Labute approximate surface area is 208 Å². The minimum Gasteiger partial charge on any atom is -0.507 e. The summed E-state index contributed by atoms with van der Waals surface area (Å²) in [5.41, 5.74) is 1.49. The van der Waals surface area contributed by atoms with Gasteiger partial charge in [-0.1, -0.05) is 18.2 Å². The number of aromatic nitrogens is 1. The standard InChI is InChI=1S/C27H26N2O7/c1-33-19-9-5-8-17(11-19)24(30)22-23(18-12-20(34-2)26(36-4)21(13-18)35-3)29(27(32)25(22)31)15-16-7-6-10-28-14-16/h5-14,23,30H,15H2,1-4H3/t23-/m1/s1. The highest BCUT2D eigenvalue weighted by atomic mass is 16.5. The largest absolute Gasteiger partial charge is 0.507 e. The van der Waals surface area contributed by atoms with Crippen molar-refractivity contribution in [1.82, 2.24) is 9.88 Å². The number of amides is 1. The molecule has 36 heavy (non-hydrogen) atoms.